The Hall–Kier alpha value is -0.130. The van der Waals surface area contributed by atoms with Crippen molar-refractivity contribution in [3.8, 4) is 0 Å². The van der Waals surface area contributed by atoms with Gasteiger partial charge in [-0.25, -0.2) is 0 Å². The van der Waals surface area contributed by atoms with Gasteiger partial charge in [0.15, 0.2) is 0 Å². The molecule has 1 aliphatic rings. The van der Waals surface area contributed by atoms with Crippen LogP contribution in [0.25, 0.3) is 0 Å². The van der Waals surface area contributed by atoms with E-state index in [4.69, 9.17) is 34.8 Å². The molecule has 0 bridgehead atoms. The SMILES string of the molecule is O=C(CSC1CCNCC1)Nc1cc(Cl)c(Cl)cc1Cl. The van der Waals surface area contributed by atoms with Crippen molar-refractivity contribution in [2.75, 3.05) is 24.2 Å². The normalized spacial score (nSPS) is 16.1. The van der Waals surface area contributed by atoms with Crippen molar-refractivity contribution in [2.45, 2.75) is 18.1 Å². The molecule has 0 unspecified atom stereocenters. The maximum atomic E-state index is 11.9. The zero-order chi connectivity index (χ0) is 14.5. The molecular weight excluding hydrogens is 339 g/mol. The molecule has 1 aromatic rings. The Morgan fingerprint density at radius 2 is 1.85 bits per heavy atom. The van der Waals surface area contributed by atoms with Gasteiger partial charge in [0.2, 0.25) is 5.91 Å². The molecule has 0 saturated carbocycles. The Morgan fingerprint density at radius 3 is 2.55 bits per heavy atom. The van der Waals surface area contributed by atoms with Crippen LogP contribution in [-0.2, 0) is 4.79 Å². The first-order valence-corrected chi connectivity index (χ1v) is 8.51. The van der Waals surface area contributed by atoms with Crippen LogP contribution in [0, 0.1) is 0 Å². The quantitative estimate of drug-likeness (QED) is 0.802. The van der Waals surface area contributed by atoms with Crippen LogP contribution < -0.4 is 10.6 Å². The molecule has 1 fully saturated rings. The van der Waals surface area contributed by atoms with E-state index in [1.165, 1.54) is 6.07 Å². The number of benzene rings is 1. The Bertz CT molecular complexity index is 493. The number of hydrogen-bond donors (Lipinski definition) is 2. The molecule has 0 aromatic heterocycles. The van der Waals surface area contributed by atoms with Crippen molar-refractivity contribution in [1.29, 1.82) is 0 Å². The predicted octanol–water partition coefficient (Wildman–Crippen LogP) is 4.07. The summed E-state index contributed by atoms with van der Waals surface area (Å²) in [6.07, 6.45) is 2.21. The number of rotatable bonds is 4. The second-order valence-corrected chi connectivity index (χ2v) is 7.06. The van der Waals surface area contributed by atoms with Gasteiger partial charge in [0.05, 0.1) is 26.5 Å². The van der Waals surface area contributed by atoms with E-state index in [2.05, 4.69) is 10.6 Å². The van der Waals surface area contributed by atoms with E-state index in [0.717, 1.165) is 25.9 Å². The lowest BCUT2D eigenvalue weighted by Gasteiger charge is -2.21. The largest absolute Gasteiger partial charge is 0.324 e. The number of amides is 1. The standard InChI is InChI=1S/C13H15Cl3N2OS/c14-9-5-11(16)12(6-10(9)15)18-13(19)7-20-8-1-3-17-4-2-8/h5-6,8,17H,1-4,7H2,(H,18,19). The highest BCUT2D eigenvalue weighted by atomic mass is 35.5. The molecule has 2 rings (SSSR count). The summed E-state index contributed by atoms with van der Waals surface area (Å²) in [5, 5.41) is 7.75. The van der Waals surface area contributed by atoms with Crippen LogP contribution >= 0.6 is 46.6 Å². The summed E-state index contributed by atoms with van der Waals surface area (Å²) < 4.78 is 0. The molecule has 110 valence electrons. The molecule has 1 heterocycles. The third-order valence-corrected chi connectivity index (χ3v) is 5.43. The highest BCUT2D eigenvalue weighted by Crippen LogP contribution is 2.32. The Morgan fingerprint density at radius 1 is 1.20 bits per heavy atom. The number of piperidine rings is 1. The number of hydrogen-bond acceptors (Lipinski definition) is 3. The van der Waals surface area contributed by atoms with Crippen molar-refractivity contribution in [1.82, 2.24) is 5.32 Å². The zero-order valence-electron chi connectivity index (χ0n) is 10.7. The monoisotopic (exact) mass is 352 g/mol. The van der Waals surface area contributed by atoms with E-state index < -0.39 is 0 Å². The van der Waals surface area contributed by atoms with Crippen molar-refractivity contribution in [3.63, 3.8) is 0 Å². The lowest BCUT2D eigenvalue weighted by atomic mass is 10.2. The summed E-state index contributed by atoms with van der Waals surface area (Å²) in [6.45, 7) is 2.05. The Balaban J connectivity index is 1.86. The van der Waals surface area contributed by atoms with Crippen LogP contribution in [-0.4, -0.2) is 30.0 Å². The van der Waals surface area contributed by atoms with Crippen molar-refractivity contribution < 1.29 is 4.79 Å². The van der Waals surface area contributed by atoms with Crippen LogP contribution in [0.2, 0.25) is 15.1 Å². The number of anilines is 1. The second-order valence-electron chi connectivity index (χ2n) is 4.55. The molecule has 20 heavy (non-hydrogen) atoms. The van der Waals surface area contributed by atoms with Crippen LogP contribution in [0.15, 0.2) is 12.1 Å². The molecule has 1 saturated heterocycles. The molecule has 1 aliphatic heterocycles. The lowest BCUT2D eigenvalue weighted by Crippen LogP contribution is -2.30. The van der Waals surface area contributed by atoms with E-state index in [1.807, 2.05) is 0 Å². The topological polar surface area (TPSA) is 41.1 Å². The third-order valence-electron chi connectivity index (χ3n) is 3.02. The van der Waals surface area contributed by atoms with Gasteiger partial charge in [-0.3, -0.25) is 4.79 Å². The molecule has 1 amide bonds. The van der Waals surface area contributed by atoms with Gasteiger partial charge >= 0.3 is 0 Å². The minimum atomic E-state index is -0.0752. The molecule has 3 nitrogen and oxygen atoms in total. The van der Waals surface area contributed by atoms with Crippen LogP contribution in [0.5, 0.6) is 0 Å². The summed E-state index contributed by atoms with van der Waals surface area (Å²) in [4.78, 5) is 11.9. The van der Waals surface area contributed by atoms with E-state index in [1.54, 1.807) is 17.8 Å². The lowest BCUT2D eigenvalue weighted by molar-refractivity contribution is -0.113. The number of nitrogens with one attached hydrogen (secondary N) is 2. The van der Waals surface area contributed by atoms with Gasteiger partial charge in [-0.2, -0.15) is 0 Å². The number of thioether (sulfide) groups is 1. The number of carbonyl (C=O) groups excluding carboxylic acids is 1. The van der Waals surface area contributed by atoms with E-state index >= 15 is 0 Å². The van der Waals surface area contributed by atoms with Crippen molar-refractivity contribution in [3.05, 3.63) is 27.2 Å². The number of carbonyl (C=O) groups is 1. The fourth-order valence-electron chi connectivity index (χ4n) is 1.96. The molecule has 7 heteroatoms. The maximum absolute atomic E-state index is 11.9. The summed E-state index contributed by atoms with van der Waals surface area (Å²) in [5.41, 5.74) is 0.497. The van der Waals surface area contributed by atoms with Crippen LogP contribution in [0.1, 0.15) is 12.8 Å². The van der Waals surface area contributed by atoms with Gasteiger partial charge in [-0.05, 0) is 38.1 Å². The van der Waals surface area contributed by atoms with E-state index in [9.17, 15) is 4.79 Å². The molecule has 0 spiro atoms. The Labute approximate surface area is 137 Å². The molecule has 0 aliphatic carbocycles. The van der Waals surface area contributed by atoms with Gasteiger partial charge in [0, 0.05) is 5.25 Å². The third kappa shape index (κ3) is 4.71. The van der Waals surface area contributed by atoms with Gasteiger partial charge < -0.3 is 10.6 Å². The first-order valence-electron chi connectivity index (χ1n) is 6.33. The summed E-state index contributed by atoms with van der Waals surface area (Å²) in [6, 6.07) is 3.10. The average Bonchev–Trinajstić information content (AvgIpc) is 2.44. The van der Waals surface area contributed by atoms with Gasteiger partial charge in [-0.15, -0.1) is 11.8 Å². The molecule has 0 atom stereocenters. The van der Waals surface area contributed by atoms with Gasteiger partial charge in [-0.1, -0.05) is 34.8 Å². The summed E-state index contributed by atoms with van der Waals surface area (Å²) in [5.74, 6) is 0.343. The number of halogens is 3. The predicted molar refractivity (Wildman–Crippen MR) is 88.5 cm³/mol. The molecule has 0 radical (unpaired) electrons. The highest BCUT2D eigenvalue weighted by molar-refractivity contribution is 8.00. The molecular formula is C13H15Cl3N2OS. The van der Waals surface area contributed by atoms with Crippen LogP contribution in [0.3, 0.4) is 0 Å². The fraction of sp³-hybridized carbons (Fsp3) is 0.462. The van der Waals surface area contributed by atoms with Crippen molar-refractivity contribution in [2.24, 2.45) is 0 Å². The minimum Gasteiger partial charge on any atom is -0.324 e. The van der Waals surface area contributed by atoms with E-state index in [-0.39, 0.29) is 5.91 Å². The second kappa shape index (κ2) is 7.76. The van der Waals surface area contributed by atoms with Crippen LogP contribution in [0.4, 0.5) is 5.69 Å². The summed E-state index contributed by atoms with van der Waals surface area (Å²) >= 11 is 19.5. The highest BCUT2D eigenvalue weighted by Gasteiger charge is 2.15. The maximum Gasteiger partial charge on any atom is 0.234 e. The van der Waals surface area contributed by atoms with E-state index in [0.29, 0.717) is 31.8 Å². The fourth-order valence-corrected chi connectivity index (χ4v) is 3.58. The first kappa shape index (κ1) is 16.2. The Kier molecular flexibility index (Phi) is 6.30. The average molecular weight is 354 g/mol. The molecule has 2 N–H and O–H groups in total. The minimum absolute atomic E-state index is 0.0752. The smallest absolute Gasteiger partial charge is 0.234 e. The first-order chi connectivity index (χ1) is 9.56. The zero-order valence-corrected chi connectivity index (χ0v) is 13.8. The van der Waals surface area contributed by atoms with Crippen molar-refractivity contribution >= 4 is 58.2 Å². The molecule has 1 aromatic carbocycles. The van der Waals surface area contributed by atoms with Gasteiger partial charge in [0.25, 0.3) is 0 Å². The summed E-state index contributed by atoms with van der Waals surface area (Å²) in [7, 11) is 0. The van der Waals surface area contributed by atoms with Gasteiger partial charge in [0.1, 0.15) is 0 Å².